The number of hydrogen-bond donors (Lipinski definition) is 0. The van der Waals surface area contributed by atoms with Crippen LogP contribution in [0.2, 0.25) is 25.6 Å². The van der Waals surface area contributed by atoms with E-state index in [2.05, 4.69) is 19.9 Å². The fraction of sp³-hybridized carbons (Fsp3) is 0.273. The summed E-state index contributed by atoms with van der Waals surface area (Å²) in [6.45, 7) is 0. The van der Waals surface area contributed by atoms with Gasteiger partial charge in [-0.1, -0.05) is 58.2 Å². The Bertz CT molecular complexity index is 689. The molecule has 126 valence electrons. The van der Waals surface area contributed by atoms with E-state index in [-0.39, 0.29) is 10.4 Å². The third-order valence-electron chi connectivity index (χ3n) is 2.08. The molecule has 0 saturated heterocycles. The number of rotatable bonds is 3. The lowest BCUT2D eigenvalue weighted by molar-refractivity contribution is 0.896. The highest BCUT2D eigenvalue weighted by Gasteiger charge is 2.09. The minimum absolute atomic E-state index is 0.115. The van der Waals surface area contributed by atoms with Gasteiger partial charge in [-0.3, -0.25) is 0 Å². The van der Waals surface area contributed by atoms with E-state index in [4.69, 9.17) is 58.0 Å². The van der Waals surface area contributed by atoms with Gasteiger partial charge in [0.1, 0.15) is 20.1 Å². The summed E-state index contributed by atoms with van der Waals surface area (Å²) in [6, 6.07) is 0. The molecule has 0 fully saturated rings. The van der Waals surface area contributed by atoms with Gasteiger partial charge in [0, 0.05) is 0 Å². The van der Waals surface area contributed by atoms with Gasteiger partial charge in [-0.15, -0.1) is 23.5 Å². The predicted octanol–water partition coefficient (Wildman–Crippen LogP) is 6.39. The van der Waals surface area contributed by atoms with Crippen molar-refractivity contribution in [2.24, 2.45) is 0 Å². The lowest BCUT2D eigenvalue weighted by atomic mass is 10.7. The van der Waals surface area contributed by atoms with Crippen LogP contribution in [-0.4, -0.2) is 38.7 Å². The number of thioether (sulfide) groups is 3. The number of nitrogens with zero attached hydrogens (tertiary/aromatic N) is 4. The molecule has 0 saturated carbocycles. The summed E-state index contributed by atoms with van der Waals surface area (Å²) in [4.78, 5) is 15.6. The first kappa shape index (κ1) is 21.7. The molecule has 2 aromatic rings. The van der Waals surface area contributed by atoms with Crippen LogP contribution in [0.5, 0.6) is 0 Å². The first-order valence-corrected chi connectivity index (χ1v) is 11.1. The first-order valence-electron chi connectivity index (χ1n) is 5.57. The third-order valence-corrected chi connectivity index (χ3v) is 5.84. The molecule has 0 aromatic carbocycles. The van der Waals surface area contributed by atoms with Crippen molar-refractivity contribution in [1.29, 1.82) is 0 Å². The molecule has 23 heavy (non-hydrogen) atoms. The van der Waals surface area contributed by atoms with Crippen LogP contribution in [0.1, 0.15) is 0 Å². The maximum atomic E-state index is 5.84. The van der Waals surface area contributed by atoms with Crippen LogP contribution >= 0.6 is 93.3 Å². The molecule has 0 bridgehead atoms. The Labute approximate surface area is 171 Å². The molecule has 0 aliphatic carbocycles. The van der Waals surface area contributed by atoms with Gasteiger partial charge in [0.15, 0.2) is 15.5 Å². The summed E-state index contributed by atoms with van der Waals surface area (Å²) in [5.41, 5.74) is 0. The second-order valence-electron chi connectivity index (χ2n) is 3.43. The molecule has 0 spiro atoms. The quantitative estimate of drug-likeness (QED) is 0.293. The van der Waals surface area contributed by atoms with Crippen LogP contribution in [0.15, 0.2) is 15.2 Å². The summed E-state index contributed by atoms with van der Waals surface area (Å²) < 4.78 is 0. The van der Waals surface area contributed by atoms with Gasteiger partial charge >= 0.3 is 0 Å². The van der Waals surface area contributed by atoms with E-state index in [0.717, 1.165) is 5.03 Å². The molecule has 0 N–H and O–H groups in total. The van der Waals surface area contributed by atoms with Crippen molar-refractivity contribution in [2.45, 2.75) is 15.2 Å². The smallest absolute Gasteiger partial charge is 0.214 e. The molecule has 2 rings (SSSR count). The first-order chi connectivity index (χ1) is 10.8. The fourth-order valence-corrected chi connectivity index (χ4v) is 3.85. The van der Waals surface area contributed by atoms with E-state index in [1.165, 1.54) is 35.3 Å². The van der Waals surface area contributed by atoms with E-state index in [1.54, 1.807) is 0 Å². The Balaban J connectivity index is 0.000000231. The van der Waals surface area contributed by atoms with Crippen LogP contribution in [-0.2, 0) is 0 Å². The van der Waals surface area contributed by atoms with E-state index in [9.17, 15) is 0 Å². The van der Waals surface area contributed by atoms with Crippen molar-refractivity contribution >= 4 is 93.3 Å². The van der Waals surface area contributed by atoms with Crippen LogP contribution in [0.3, 0.4) is 0 Å². The van der Waals surface area contributed by atoms with Crippen molar-refractivity contribution in [3.63, 3.8) is 0 Å². The lowest BCUT2D eigenvalue weighted by Crippen LogP contribution is -1.90. The second kappa shape index (κ2) is 10.6. The predicted molar refractivity (Wildman–Crippen MR) is 104 cm³/mol. The van der Waals surface area contributed by atoms with Crippen LogP contribution in [0, 0.1) is 0 Å². The number of hydrogen-bond acceptors (Lipinski definition) is 7. The second-order valence-corrected chi connectivity index (χ2v) is 7.60. The molecular weight excluding hydrogens is 462 g/mol. The highest BCUT2D eigenvalue weighted by Crippen LogP contribution is 2.31. The normalized spacial score (nSPS) is 10.3. The van der Waals surface area contributed by atoms with Gasteiger partial charge in [-0.05, 0) is 30.4 Å². The average Bonchev–Trinajstić information content (AvgIpc) is 2.53. The summed E-state index contributed by atoms with van der Waals surface area (Å²) in [7, 11) is 0. The van der Waals surface area contributed by atoms with Crippen molar-refractivity contribution < 1.29 is 0 Å². The molecule has 0 atom stereocenters. The largest absolute Gasteiger partial charge is 0.224 e. The van der Waals surface area contributed by atoms with Crippen molar-refractivity contribution in [1.82, 2.24) is 19.9 Å². The molecule has 12 heteroatoms. The number of aromatic nitrogens is 4. The molecule has 0 unspecified atom stereocenters. The summed E-state index contributed by atoms with van der Waals surface area (Å²) in [5.74, 6) is 0. The maximum Gasteiger partial charge on any atom is 0.224 e. The molecule has 0 radical (unpaired) electrons. The zero-order valence-electron chi connectivity index (χ0n) is 11.9. The van der Waals surface area contributed by atoms with Crippen LogP contribution in [0.4, 0.5) is 0 Å². The lowest BCUT2D eigenvalue weighted by Gasteiger charge is -2.02. The van der Waals surface area contributed by atoms with Crippen molar-refractivity contribution in [2.75, 3.05) is 18.8 Å². The number of halogens is 5. The summed E-state index contributed by atoms with van der Waals surface area (Å²) in [5, 5.41) is 3.37. The highest BCUT2D eigenvalue weighted by molar-refractivity contribution is 7.99. The average molecular weight is 471 g/mol. The van der Waals surface area contributed by atoms with Crippen molar-refractivity contribution in [3.05, 3.63) is 25.6 Å². The maximum absolute atomic E-state index is 5.84. The fourth-order valence-electron chi connectivity index (χ4n) is 1.12. The zero-order valence-corrected chi connectivity index (χ0v) is 18.1. The van der Waals surface area contributed by atoms with Crippen LogP contribution < -0.4 is 0 Å². The SMILES string of the molecule is CSc1nc(Cl)c(Cl)c(SC)n1.CSc1nc(Cl)nc(Cl)c1Cl. The monoisotopic (exact) mass is 468 g/mol. The van der Waals surface area contributed by atoms with Gasteiger partial charge in [-0.25, -0.2) is 19.9 Å². The van der Waals surface area contributed by atoms with Crippen LogP contribution in [0.25, 0.3) is 0 Å². The zero-order chi connectivity index (χ0) is 17.6. The Morgan fingerprint density at radius 2 is 1.09 bits per heavy atom. The molecular formula is C11H9Cl5N4S3. The van der Waals surface area contributed by atoms with Gasteiger partial charge in [-0.2, -0.15) is 0 Å². The molecule has 2 heterocycles. The van der Waals surface area contributed by atoms with Gasteiger partial charge < -0.3 is 0 Å². The molecule has 0 aliphatic rings. The Hall–Kier alpha value is 0.660. The minimum atomic E-state index is 0.115. The summed E-state index contributed by atoms with van der Waals surface area (Å²) in [6.07, 6.45) is 5.62. The highest BCUT2D eigenvalue weighted by atomic mass is 35.5. The third kappa shape index (κ3) is 6.47. The van der Waals surface area contributed by atoms with E-state index in [0.29, 0.717) is 25.4 Å². The topological polar surface area (TPSA) is 51.6 Å². The van der Waals surface area contributed by atoms with Gasteiger partial charge in [0.2, 0.25) is 5.28 Å². The standard InChI is InChI=1S/C6H6Cl2N2S2.C5H3Cl3N2S/c1-11-5-3(7)4(8)9-6(10-5)12-2;1-11-4-2(6)3(7)9-5(8)10-4/h1-2H3;1H3. The van der Waals surface area contributed by atoms with Gasteiger partial charge in [0.05, 0.1) is 0 Å². The molecule has 4 nitrogen and oxygen atoms in total. The Morgan fingerprint density at radius 3 is 1.57 bits per heavy atom. The molecule has 2 aromatic heterocycles. The van der Waals surface area contributed by atoms with Crippen molar-refractivity contribution in [3.8, 4) is 0 Å². The minimum Gasteiger partial charge on any atom is -0.214 e. The molecule has 0 amide bonds. The van der Waals surface area contributed by atoms with E-state index in [1.807, 2.05) is 18.8 Å². The Morgan fingerprint density at radius 1 is 0.609 bits per heavy atom. The van der Waals surface area contributed by atoms with E-state index >= 15 is 0 Å². The van der Waals surface area contributed by atoms with Gasteiger partial charge in [0.25, 0.3) is 0 Å². The Kier molecular flexibility index (Phi) is 10.0. The summed E-state index contributed by atoms with van der Waals surface area (Å²) >= 11 is 32.7. The molecule has 0 aliphatic heterocycles. The van der Waals surface area contributed by atoms with E-state index < -0.39 is 0 Å².